The number of aromatic amines is 1. The molecule has 0 spiro atoms. The van der Waals surface area contributed by atoms with Gasteiger partial charge >= 0.3 is 6.09 Å². The number of ether oxygens (including phenoxy) is 1. The van der Waals surface area contributed by atoms with E-state index in [1.165, 1.54) is 6.07 Å². The first-order valence-electron chi connectivity index (χ1n) is 13.0. The maximum absolute atomic E-state index is 13.6. The molecule has 1 aromatic carbocycles. The molecule has 3 aromatic rings. The van der Waals surface area contributed by atoms with E-state index >= 15 is 0 Å². The summed E-state index contributed by atoms with van der Waals surface area (Å²) in [4.78, 5) is 32.1. The molecule has 4 N–H and O–H groups in total. The predicted molar refractivity (Wildman–Crippen MR) is 150 cm³/mol. The molecule has 5 rings (SSSR count). The Morgan fingerprint density at radius 2 is 1.87 bits per heavy atom. The van der Waals surface area contributed by atoms with Crippen molar-refractivity contribution in [2.24, 2.45) is 0 Å². The lowest BCUT2D eigenvalue weighted by Crippen LogP contribution is -2.38. The Morgan fingerprint density at radius 1 is 1.13 bits per heavy atom. The Kier molecular flexibility index (Phi) is 7.58. The Labute approximate surface area is 226 Å². The molecule has 9 nitrogen and oxygen atoms in total. The van der Waals surface area contributed by atoms with E-state index in [0.717, 1.165) is 54.0 Å². The van der Waals surface area contributed by atoms with Crippen LogP contribution in [0.4, 0.5) is 16.2 Å². The van der Waals surface area contributed by atoms with Gasteiger partial charge in [0.25, 0.3) is 0 Å². The number of hydrogen-bond donors (Lipinski definition) is 4. The molecule has 202 valence electrons. The monoisotopic (exact) mass is 555 g/mol. The summed E-state index contributed by atoms with van der Waals surface area (Å²) >= 11 is 1.60. The van der Waals surface area contributed by atoms with Crippen LogP contribution in [0.2, 0.25) is 0 Å². The van der Waals surface area contributed by atoms with Crippen LogP contribution in [-0.2, 0) is 14.5 Å². The minimum Gasteiger partial charge on any atom is -0.447 e. The van der Waals surface area contributed by atoms with E-state index in [-0.39, 0.29) is 29.0 Å². The third-order valence-electron chi connectivity index (χ3n) is 6.91. The van der Waals surface area contributed by atoms with Gasteiger partial charge in [0.2, 0.25) is 5.56 Å². The van der Waals surface area contributed by atoms with Crippen molar-refractivity contribution in [1.29, 1.82) is 4.78 Å². The minimum absolute atomic E-state index is 0.109. The van der Waals surface area contributed by atoms with Crippen molar-refractivity contribution < 1.29 is 13.7 Å². The van der Waals surface area contributed by atoms with Gasteiger partial charge in [-0.1, -0.05) is 6.07 Å². The molecule has 11 heteroatoms. The zero-order chi connectivity index (χ0) is 26.9. The number of thiazole rings is 1. The molecule has 1 unspecified atom stereocenters. The second-order valence-electron chi connectivity index (χ2n) is 10.3. The second-order valence-corrected chi connectivity index (χ2v) is 13.7. The second kappa shape index (κ2) is 10.9. The fourth-order valence-corrected chi connectivity index (χ4v) is 7.95. The normalized spacial score (nSPS) is 21.0. The van der Waals surface area contributed by atoms with E-state index in [2.05, 4.69) is 15.6 Å². The van der Waals surface area contributed by atoms with Crippen molar-refractivity contribution in [3.63, 3.8) is 0 Å². The minimum atomic E-state index is -2.98. The quantitative estimate of drug-likeness (QED) is 0.270. The fourth-order valence-electron chi connectivity index (χ4n) is 4.79. The molecule has 38 heavy (non-hydrogen) atoms. The molecule has 2 heterocycles. The summed E-state index contributed by atoms with van der Waals surface area (Å²) in [6, 6.07) is 8.85. The number of hydrogen-bond acceptors (Lipinski definition) is 8. The van der Waals surface area contributed by atoms with E-state index in [4.69, 9.17) is 14.5 Å². The third kappa shape index (κ3) is 6.10. The van der Waals surface area contributed by atoms with Crippen LogP contribution in [0.25, 0.3) is 10.4 Å². The van der Waals surface area contributed by atoms with Crippen LogP contribution in [0.15, 0.2) is 52.4 Å². The summed E-state index contributed by atoms with van der Waals surface area (Å²) in [6.45, 7) is 3.67. The smallest absolute Gasteiger partial charge is 0.407 e. The number of nitrogens with zero attached hydrogens (tertiary/aromatic N) is 1. The number of pyridine rings is 1. The summed E-state index contributed by atoms with van der Waals surface area (Å²) in [7, 11) is -2.98. The van der Waals surface area contributed by atoms with Crippen molar-refractivity contribution in [1.82, 2.24) is 15.3 Å². The lowest BCUT2D eigenvalue weighted by molar-refractivity contribution is 0.109. The molecule has 0 aliphatic heterocycles. The maximum Gasteiger partial charge on any atom is 0.407 e. The van der Waals surface area contributed by atoms with E-state index < -0.39 is 9.73 Å². The van der Waals surface area contributed by atoms with Gasteiger partial charge in [-0.3, -0.25) is 4.79 Å². The number of benzene rings is 1. The number of alkyl carbamates (subject to hydrolysis) is 1. The molecule has 0 radical (unpaired) electrons. The maximum atomic E-state index is 13.6. The summed E-state index contributed by atoms with van der Waals surface area (Å²) in [5.41, 5.74) is 2.02. The van der Waals surface area contributed by atoms with Crippen molar-refractivity contribution in [2.45, 2.75) is 80.6 Å². The molecule has 2 saturated carbocycles. The van der Waals surface area contributed by atoms with Gasteiger partial charge in [0, 0.05) is 46.9 Å². The molecule has 2 aliphatic rings. The van der Waals surface area contributed by atoms with Gasteiger partial charge in [-0.2, -0.15) is 0 Å². The van der Waals surface area contributed by atoms with E-state index in [0.29, 0.717) is 22.2 Å². The van der Waals surface area contributed by atoms with Gasteiger partial charge < -0.3 is 20.4 Å². The van der Waals surface area contributed by atoms with Crippen LogP contribution in [0.3, 0.4) is 0 Å². The fraction of sp³-hybridized carbons (Fsp3) is 0.444. The van der Waals surface area contributed by atoms with Crippen LogP contribution in [0.1, 0.15) is 63.3 Å². The average Bonchev–Trinajstić information content (AvgIpc) is 3.64. The lowest BCUT2D eigenvalue weighted by atomic mass is 9.86. The largest absolute Gasteiger partial charge is 0.447 e. The summed E-state index contributed by atoms with van der Waals surface area (Å²) in [5.74, 6) is 0.307. The van der Waals surface area contributed by atoms with Crippen LogP contribution in [0, 0.1) is 4.78 Å². The van der Waals surface area contributed by atoms with Gasteiger partial charge in [0.1, 0.15) is 0 Å². The number of rotatable bonds is 8. The van der Waals surface area contributed by atoms with Crippen molar-refractivity contribution in [3.05, 3.63) is 58.1 Å². The molecule has 2 aromatic heterocycles. The number of aromatic nitrogens is 2. The SMILES string of the molecule is CC(C)OC(=O)N[C@H]1CC[C@H](c2ncc(-c3ccc(Nc4ccc(=O)[nH]c4)cc3S(=N)(=O)C3CC3)s2)CC1. The van der Waals surface area contributed by atoms with Gasteiger partial charge in [-0.05, 0) is 70.6 Å². The number of H-pyrrole nitrogens is 1. The third-order valence-corrected chi connectivity index (χ3v) is 10.5. The topological polar surface area (TPSA) is 137 Å². The van der Waals surface area contributed by atoms with E-state index in [1.54, 1.807) is 29.7 Å². The van der Waals surface area contributed by atoms with Crippen LogP contribution >= 0.6 is 11.3 Å². The predicted octanol–water partition coefficient (Wildman–Crippen LogP) is 5.97. The number of carbonyl (C=O) groups excluding carboxylic acids is 1. The molecule has 1 atom stereocenters. The van der Waals surface area contributed by atoms with Crippen molar-refractivity contribution >= 4 is 38.5 Å². The first kappa shape index (κ1) is 26.4. The van der Waals surface area contributed by atoms with E-state index in [1.807, 2.05) is 32.2 Å². The highest BCUT2D eigenvalue weighted by atomic mass is 32.2. The molecule has 2 fully saturated rings. The molecular weight excluding hydrogens is 522 g/mol. The van der Waals surface area contributed by atoms with Crippen molar-refractivity contribution in [2.75, 3.05) is 5.32 Å². The standard InChI is InChI=1S/C27H33N5O4S2/c1-16(2)36-27(34)32-18-5-3-17(4-6-18)26-30-15-23(37-26)22-11-7-19(31-20-8-12-25(33)29-14-20)13-24(22)38(28,35)21-9-10-21/h7-8,11-18,21,28,31H,3-6,9-10H2,1-2H3,(H,29,33)(H,32,34)/t17-,18-,38?. The zero-order valence-corrected chi connectivity index (χ0v) is 23.1. The van der Waals surface area contributed by atoms with Gasteiger partial charge in [-0.25, -0.2) is 18.8 Å². The Morgan fingerprint density at radius 3 is 2.53 bits per heavy atom. The molecule has 2 aliphatic carbocycles. The summed E-state index contributed by atoms with van der Waals surface area (Å²) in [5, 5.41) is 7.11. The van der Waals surface area contributed by atoms with Crippen LogP contribution in [-0.4, -0.2) is 37.7 Å². The van der Waals surface area contributed by atoms with Crippen molar-refractivity contribution in [3.8, 4) is 10.4 Å². The highest BCUT2D eigenvalue weighted by molar-refractivity contribution is 7.93. The van der Waals surface area contributed by atoms with Gasteiger partial charge in [-0.15, -0.1) is 11.3 Å². The van der Waals surface area contributed by atoms with Gasteiger partial charge in [0.05, 0.1) is 36.3 Å². The van der Waals surface area contributed by atoms with Gasteiger partial charge in [0.15, 0.2) is 0 Å². The Balaban J connectivity index is 1.34. The highest BCUT2D eigenvalue weighted by Gasteiger charge is 2.36. The summed E-state index contributed by atoms with van der Waals surface area (Å²) < 4.78 is 27.6. The molecule has 0 saturated heterocycles. The van der Waals surface area contributed by atoms with Crippen LogP contribution in [0.5, 0.6) is 0 Å². The van der Waals surface area contributed by atoms with E-state index in [9.17, 15) is 13.8 Å². The number of carbonyl (C=O) groups is 1. The molecule has 0 bridgehead atoms. The number of anilines is 2. The summed E-state index contributed by atoms with van der Waals surface area (Å²) in [6.07, 6.45) is 8.10. The van der Waals surface area contributed by atoms with Crippen LogP contribution < -0.4 is 16.2 Å². The first-order chi connectivity index (χ1) is 18.2. The Bertz CT molecular complexity index is 1450. The average molecular weight is 556 g/mol. The lowest BCUT2D eigenvalue weighted by Gasteiger charge is -2.28. The number of nitrogens with one attached hydrogen (secondary N) is 4. The molecular formula is C27H33N5O4S2. The highest BCUT2D eigenvalue weighted by Crippen LogP contribution is 2.43. The zero-order valence-electron chi connectivity index (χ0n) is 21.5. The number of amides is 1. The molecule has 1 amide bonds. The Hall–Kier alpha value is -3.18. The first-order valence-corrected chi connectivity index (χ1v) is 15.4.